The van der Waals surface area contributed by atoms with Crippen LogP contribution in [-0.2, 0) is 5.60 Å². The molecular formula is C17H27NO. The quantitative estimate of drug-likeness (QED) is 0.853. The molecule has 0 bridgehead atoms. The molecule has 106 valence electrons. The molecule has 1 aromatic carbocycles. The second-order valence-electron chi connectivity index (χ2n) is 7.27. The van der Waals surface area contributed by atoms with E-state index in [-0.39, 0.29) is 0 Å². The van der Waals surface area contributed by atoms with Crippen LogP contribution >= 0.6 is 0 Å². The van der Waals surface area contributed by atoms with Crippen LogP contribution in [0.25, 0.3) is 0 Å². The highest BCUT2D eigenvalue weighted by Gasteiger charge is 2.63. The lowest BCUT2D eigenvalue weighted by Crippen LogP contribution is -2.36. The summed E-state index contributed by atoms with van der Waals surface area (Å²) < 4.78 is 0. The molecule has 19 heavy (non-hydrogen) atoms. The van der Waals surface area contributed by atoms with Gasteiger partial charge >= 0.3 is 0 Å². The van der Waals surface area contributed by atoms with Crippen LogP contribution in [0.15, 0.2) is 30.3 Å². The summed E-state index contributed by atoms with van der Waals surface area (Å²) in [6, 6.07) is 9.87. The smallest absolute Gasteiger partial charge is 0.0992 e. The Morgan fingerprint density at radius 3 is 2.11 bits per heavy atom. The molecule has 1 saturated carbocycles. The minimum atomic E-state index is -0.801. The fourth-order valence-electron chi connectivity index (χ4n) is 3.20. The first-order valence-electron chi connectivity index (χ1n) is 7.18. The Balaban J connectivity index is 1.87. The molecule has 1 aliphatic rings. The summed E-state index contributed by atoms with van der Waals surface area (Å²) in [6.07, 6.45) is 0. The Labute approximate surface area is 117 Å². The number of hydrogen-bond donors (Lipinski definition) is 2. The van der Waals surface area contributed by atoms with Crippen LogP contribution < -0.4 is 5.32 Å². The number of benzene rings is 1. The summed E-state index contributed by atoms with van der Waals surface area (Å²) in [4.78, 5) is 0. The average molecular weight is 261 g/mol. The minimum absolute atomic E-state index is 0.401. The topological polar surface area (TPSA) is 32.3 Å². The van der Waals surface area contributed by atoms with E-state index in [2.05, 4.69) is 33.0 Å². The molecule has 0 aromatic heterocycles. The van der Waals surface area contributed by atoms with Crippen LogP contribution in [0.3, 0.4) is 0 Å². The van der Waals surface area contributed by atoms with Crippen molar-refractivity contribution < 1.29 is 5.11 Å². The van der Waals surface area contributed by atoms with E-state index in [4.69, 9.17) is 0 Å². The maximum atomic E-state index is 10.5. The molecule has 2 heteroatoms. The molecule has 0 radical (unpaired) electrons. The number of hydrogen-bond acceptors (Lipinski definition) is 2. The molecule has 2 nitrogen and oxygen atoms in total. The normalized spacial score (nSPS) is 23.9. The highest BCUT2D eigenvalue weighted by molar-refractivity contribution is 5.22. The van der Waals surface area contributed by atoms with E-state index < -0.39 is 5.60 Å². The minimum Gasteiger partial charge on any atom is -0.384 e. The van der Waals surface area contributed by atoms with Gasteiger partial charge in [-0.15, -0.1) is 0 Å². The van der Waals surface area contributed by atoms with Crippen LogP contribution in [0.1, 0.15) is 40.2 Å². The van der Waals surface area contributed by atoms with Gasteiger partial charge in [0.2, 0.25) is 0 Å². The van der Waals surface area contributed by atoms with E-state index in [9.17, 15) is 5.11 Å². The third-order valence-corrected chi connectivity index (χ3v) is 5.53. The molecule has 1 atom stereocenters. The second kappa shape index (κ2) is 4.60. The first-order valence-corrected chi connectivity index (χ1v) is 7.18. The number of rotatable bonds is 5. The van der Waals surface area contributed by atoms with Crippen LogP contribution in [0.5, 0.6) is 0 Å². The molecule has 0 saturated heterocycles. The van der Waals surface area contributed by atoms with E-state index in [0.29, 0.717) is 23.3 Å². The lowest BCUT2D eigenvalue weighted by atomic mass is 9.96. The van der Waals surface area contributed by atoms with Crippen molar-refractivity contribution in [1.29, 1.82) is 0 Å². The molecule has 0 heterocycles. The molecule has 1 fully saturated rings. The maximum Gasteiger partial charge on any atom is 0.0992 e. The van der Waals surface area contributed by atoms with E-state index in [0.717, 1.165) is 12.1 Å². The van der Waals surface area contributed by atoms with Gasteiger partial charge in [-0.05, 0) is 35.8 Å². The predicted octanol–water partition coefficient (Wildman–Crippen LogP) is 3.17. The highest BCUT2D eigenvalue weighted by Crippen LogP contribution is 2.67. The van der Waals surface area contributed by atoms with Gasteiger partial charge in [-0.3, -0.25) is 0 Å². The van der Waals surface area contributed by atoms with Gasteiger partial charge in [0.05, 0.1) is 5.60 Å². The summed E-state index contributed by atoms with van der Waals surface area (Å²) in [5.74, 6) is 0.687. The standard InChI is InChI=1S/C17H27NO/c1-15(2)14(16(15,3)4)11-18-12-17(5,19)13-9-7-6-8-10-13/h6-10,14,18-19H,11-12H2,1-5H3. The average Bonchev–Trinajstić information content (AvgIpc) is 2.72. The SMILES string of the molecule is CC(O)(CNCC1C(C)(C)C1(C)C)c1ccccc1. The van der Waals surface area contributed by atoms with Gasteiger partial charge in [0.15, 0.2) is 0 Å². The summed E-state index contributed by atoms with van der Waals surface area (Å²) in [5.41, 5.74) is 0.971. The zero-order valence-corrected chi connectivity index (χ0v) is 12.8. The Kier molecular flexibility index (Phi) is 3.53. The summed E-state index contributed by atoms with van der Waals surface area (Å²) in [5, 5.41) is 14.0. The van der Waals surface area contributed by atoms with Crippen LogP contribution in [-0.4, -0.2) is 18.2 Å². The largest absolute Gasteiger partial charge is 0.384 e. The van der Waals surface area contributed by atoms with E-state index in [1.165, 1.54) is 0 Å². The summed E-state index contributed by atoms with van der Waals surface area (Å²) >= 11 is 0. The molecule has 0 aliphatic heterocycles. The van der Waals surface area contributed by atoms with Crippen LogP contribution in [0, 0.1) is 16.7 Å². The molecule has 0 spiro atoms. The highest BCUT2D eigenvalue weighted by atomic mass is 16.3. The van der Waals surface area contributed by atoms with Crippen molar-refractivity contribution in [2.45, 2.75) is 40.2 Å². The van der Waals surface area contributed by atoms with Gasteiger partial charge in [-0.1, -0.05) is 58.0 Å². The van der Waals surface area contributed by atoms with Crippen molar-refractivity contribution in [3.63, 3.8) is 0 Å². The van der Waals surface area contributed by atoms with Gasteiger partial charge in [-0.25, -0.2) is 0 Å². The van der Waals surface area contributed by atoms with Crippen molar-refractivity contribution in [2.24, 2.45) is 16.7 Å². The molecule has 0 amide bonds. The molecule has 1 aliphatic carbocycles. The van der Waals surface area contributed by atoms with Crippen molar-refractivity contribution in [3.05, 3.63) is 35.9 Å². The summed E-state index contributed by atoms with van der Waals surface area (Å²) in [7, 11) is 0. The zero-order valence-electron chi connectivity index (χ0n) is 12.8. The molecule has 2 rings (SSSR count). The van der Waals surface area contributed by atoms with Gasteiger partial charge < -0.3 is 10.4 Å². The first kappa shape index (κ1) is 14.5. The van der Waals surface area contributed by atoms with E-state index in [1.807, 2.05) is 37.3 Å². The van der Waals surface area contributed by atoms with Gasteiger partial charge in [0.1, 0.15) is 0 Å². The lowest BCUT2D eigenvalue weighted by molar-refractivity contribution is 0.0564. The Hall–Kier alpha value is -0.860. The van der Waals surface area contributed by atoms with Crippen LogP contribution in [0.2, 0.25) is 0 Å². The summed E-state index contributed by atoms with van der Waals surface area (Å²) in [6.45, 7) is 12.8. The zero-order chi connectivity index (χ0) is 14.3. The Bertz CT molecular complexity index is 420. The Morgan fingerprint density at radius 2 is 1.63 bits per heavy atom. The van der Waals surface area contributed by atoms with Crippen molar-refractivity contribution >= 4 is 0 Å². The third kappa shape index (κ3) is 2.56. The van der Waals surface area contributed by atoms with E-state index >= 15 is 0 Å². The number of aliphatic hydroxyl groups is 1. The van der Waals surface area contributed by atoms with Crippen molar-refractivity contribution in [1.82, 2.24) is 5.32 Å². The first-order chi connectivity index (χ1) is 8.69. The van der Waals surface area contributed by atoms with Gasteiger partial charge in [-0.2, -0.15) is 0 Å². The maximum absolute atomic E-state index is 10.5. The van der Waals surface area contributed by atoms with Crippen LogP contribution in [0.4, 0.5) is 0 Å². The molecule has 1 aromatic rings. The number of nitrogens with one attached hydrogen (secondary N) is 1. The third-order valence-electron chi connectivity index (χ3n) is 5.53. The van der Waals surface area contributed by atoms with Gasteiger partial charge in [0, 0.05) is 6.54 Å². The second-order valence-corrected chi connectivity index (χ2v) is 7.27. The molecule has 1 unspecified atom stereocenters. The van der Waals surface area contributed by atoms with Gasteiger partial charge in [0.25, 0.3) is 0 Å². The fraction of sp³-hybridized carbons (Fsp3) is 0.647. The predicted molar refractivity (Wildman–Crippen MR) is 79.9 cm³/mol. The monoisotopic (exact) mass is 261 g/mol. The lowest BCUT2D eigenvalue weighted by Gasteiger charge is -2.24. The molecule has 2 N–H and O–H groups in total. The fourth-order valence-corrected chi connectivity index (χ4v) is 3.20. The van der Waals surface area contributed by atoms with E-state index in [1.54, 1.807) is 0 Å². The van der Waals surface area contributed by atoms with Crippen molar-refractivity contribution in [3.8, 4) is 0 Å². The molecular weight excluding hydrogens is 234 g/mol. The van der Waals surface area contributed by atoms with Crippen molar-refractivity contribution in [2.75, 3.05) is 13.1 Å². The Morgan fingerprint density at radius 1 is 1.11 bits per heavy atom.